The summed E-state index contributed by atoms with van der Waals surface area (Å²) in [5, 5.41) is 3.89. The van der Waals surface area contributed by atoms with Crippen LogP contribution in [0.1, 0.15) is 48.8 Å². The first-order valence-electron chi connectivity index (χ1n) is 13.6. The number of nitrogens with one attached hydrogen (secondary N) is 1. The van der Waals surface area contributed by atoms with Crippen LogP contribution < -0.4 is 14.8 Å². The third kappa shape index (κ3) is 8.24. The molecular formula is C32H37ClN2O4. The molecule has 1 fully saturated rings. The molecule has 206 valence electrons. The number of hydrogen-bond acceptors (Lipinski definition) is 4. The van der Waals surface area contributed by atoms with E-state index in [-0.39, 0.29) is 31.0 Å². The normalized spacial score (nSPS) is 14.3. The summed E-state index contributed by atoms with van der Waals surface area (Å²) in [5.41, 5.74) is 2.72. The minimum atomic E-state index is -0.705. The summed E-state index contributed by atoms with van der Waals surface area (Å²) < 4.78 is 11.3. The number of carbonyl (C=O) groups is 2. The molecule has 1 saturated carbocycles. The van der Waals surface area contributed by atoms with Crippen molar-refractivity contribution in [2.24, 2.45) is 0 Å². The molecule has 1 atom stereocenters. The third-order valence-electron chi connectivity index (χ3n) is 7.20. The summed E-state index contributed by atoms with van der Waals surface area (Å²) in [6, 6.07) is 22.1. The van der Waals surface area contributed by atoms with Crippen LogP contribution in [-0.4, -0.2) is 42.5 Å². The highest BCUT2D eigenvalue weighted by Gasteiger charge is 2.32. The molecule has 0 radical (unpaired) electrons. The molecule has 1 aliphatic rings. The number of hydrogen-bond donors (Lipinski definition) is 1. The van der Waals surface area contributed by atoms with Crippen molar-refractivity contribution >= 4 is 23.4 Å². The van der Waals surface area contributed by atoms with Crippen LogP contribution in [0.5, 0.6) is 11.5 Å². The van der Waals surface area contributed by atoms with Gasteiger partial charge in [0.1, 0.15) is 17.5 Å². The smallest absolute Gasteiger partial charge is 0.261 e. The van der Waals surface area contributed by atoms with Gasteiger partial charge < -0.3 is 19.7 Å². The predicted molar refractivity (Wildman–Crippen MR) is 154 cm³/mol. The van der Waals surface area contributed by atoms with Crippen molar-refractivity contribution in [3.05, 3.63) is 94.5 Å². The Labute approximate surface area is 236 Å². The van der Waals surface area contributed by atoms with Crippen molar-refractivity contribution in [2.75, 3.05) is 13.7 Å². The van der Waals surface area contributed by atoms with E-state index >= 15 is 0 Å². The average molecular weight is 549 g/mol. The van der Waals surface area contributed by atoms with Gasteiger partial charge in [-0.1, -0.05) is 73.3 Å². The SMILES string of the molecule is COc1cccc(CN(C(=O)COc2ccc(Cl)c(C)c2)[C@H](Cc2ccccc2)C(=O)NC2CCCCC2)c1. The fraction of sp³-hybridized carbons (Fsp3) is 0.375. The molecule has 3 aromatic rings. The number of amides is 2. The molecule has 0 unspecified atom stereocenters. The molecule has 0 aromatic heterocycles. The lowest BCUT2D eigenvalue weighted by Gasteiger charge is -2.33. The van der Waals surface area contributed by atoms with Gasteiger partial charge in [0.2, 0.25) is 5.91 Å². The lowest BCUT2D eigenvalue weighted by molar-refractivity contribution is -0.143. The number of methoxy groups -OCH3 is 1. The predicted octanol–water partition coefficient (Wildman–Crippen LogP) is 6.12. The monoisotopic (exact) mass is 548 g/mol. The molecule has 4 rings (SSSR count). The molecule has 1 N–H and O–H groups in total. The third-order valence-corrected chi connectivity index (χ3v) is 7.63. The standard InChI is InChI=1S/C32H37ClN2O4/c1-23-18-28(16-17-29(23)33)39-22-31(36)35(21-25-12-9-15-27(19-25)38-2)30(20-24-10-5-3-6-11-24)32(37)34-26-13-7-4-8-14-26/h3,5-6,9-12,15-19,26,30H,4,7-8,13-14,20-22H2,1-2H3,(H,34,37)/t30-/m1/s1. The van der Waals surface area contributed by atoms with Crippen LogP contribution >= 0.6 is 11.6 Å². The first kappa shape index (κ1) is 28.5. The molecule has 7 heteroatoms. The quantitative estimate of drug-likeness (QED) is 0.313. The number of benzene rings is 3. The van der Waals surface area contributed by atoms with Gasteiger partial charge in [-0.15, -0.1) is 0 Å². The number of aryl methyl sites for hydroxylation is 1. The highest BCUT2D eigenvalue weighted by Crippen LogP contribution is 2.23. The molecule has 2 amide bonds. The summed E-state index contributed by atoms with van der Waals surface area (Å²) in [4.78, 5) is 29.3. The van der Waals surface area contributed by atoms with Crippen molar-refractivity contribution in [3.8, 4) is 11.5 Å². The lowest BCUT2D eigenvalue weighted by atomic mass is 9.94. The summed E-state index contributed by atoms with van der Waals surface area (Å²) in [7, 11) is 1.61. The maximum absolute atomic E-state index is 13.8. The van der Waals surface area contributed by atoms with E-state index in [1.807, 2.05) is 61.5 Å². The molecule has 0 saturated heterocycles. The number of halogens is 1. The Bertz CT molecular complexity index is 1240. The maximum atomic E-state index is 13.8. The Balaban J connectivity index is 1.62. The number of rotatable bonds is 11. The number of carbonyl (C=O) groups excluding carboxylic acids is 2. The van der Waals surface area contributed by atoms with Crippen LogP contribution in [0.3, 0.4) is 0 Å². The van der Waals surface area contributed by atoms with E-state index in [1.165, 1.54) is 6.42 Å². The molecule has 3 aromatic carbocycles. The van der Waals surface area contributed by atoms with Gasteiger partial charge in [-0.2, -0.15) is 0 Å². The first-order valence-corrected chi connectivity index (χ1v) is 14.0. The van der Waals surface area contributed by atoms with Crippen molar-refractivity contribution < 1.29 is 19.1 Å². The van der Waals surface area contributed by atoms with Gasteiger partial charge >= 0.3 is 0 Å². The Kier molecular flexibility index (Phi) is 10.3. The Morgan fingerprint density at radius 1 is 0.949 bits per heavy atom. The summed E-state index contributed by atoms with van der Waals surface area (Å²) in [5.74, 6) is 0.839. The van der Waals surface area contributed by atoms with Crippen LogP contribution in [0.4, 0.5) is 0 Å². The first-order chi connectivity index (χ1) is 18.9. The molecule has 6 nitrogen and oxygen atoms in total. The van der Waals surface area contributed by atoms with Gasteiger partial charge in [0.05, 0.1) is 7.11 Å². The van der Waals surface area contributed by atoms with Gasteiger partial charge in [-0.3, -0.25) is 9.59 Å². The minimum Gasteiger partial charge on any atom is -0.497 e. The number of ether oxygens (including phenoxy) is 2. The highest BCUT2D eigenvalue weighted by atomic mass is 35.5. The highest BCUT2D eigenvalue weighted by molar-refractivity contribution is 6.31. The van der Waals surface area contributed by atoms with Crippen LogP contribution in [-0.2, 0) is 22.6 Å². The molecule has 1 aliphatic carbocycles. The molecule has 0 aliphatic heterocycles. The summed E-state index contributed by atoms with van der Waals surface area (Å²) in [6.07, 6.45) is 5.74. The zero-order valence-electron chi connectivity index (χ0n) is 22.7. The largest absolute Gasteiger partial charge is 0.497 e. The van der Waals surface area contributed by atoms with E-state index in [1.54, 1.807) is 30.2 Å². The van der Waals surface area contributed by atoms with Crippen LogP contribution in [0.2, 0.25) is 5.02 Å². The molecule has 0 spiro atoms. The fourth-order valence-electron chi connectivity index (χ4n) is 5.00. The van der Waals surface area contributed by atoms with Gasteiger partial charge in [-0.25, -0.2) is 0 Å². The van der Waals surface area contributed by atoms with E-state index in [9.17, 15) is 9.59 Å². The van der Waals surface area contributed by atoms with Gasteiger partial charge in [0, 0.05) is 24.0 Å². The molecular weight excluding hydrogens is 512 g/mol. The van der Waals surface area contributed by atoms with Crippen LogP contribution in [0.25, 0.3) is 0 Å². The second-order valence-electron chi connectivity index (χ2n) is 10.1. The molecule has 39 heavy (non-hydrogen) atoms. The zero-order chi connectivity index (χ0) is 27.6. The topological polar surface area (TPSA) is 67.9 Å². The lowest BCUT2D eigenvalue weighted by Crippen LogP contribution is -2.53. The van der Waals surface area contributed by atoms with Gasteiger partial charge in [0.15, 0.2) is 6.61 Å². The molecule has 0 bridgehead atoms. The molecule has 0 heterocycles. The van der Waals surface area contributed by atoms with Crippen LogP contribution in [0.15, 0.2) is 72.8 Å². The maximum Gasteiger partial charge on any atom is 0.261 e. The Morgan fingerprint density at radius 2 is 1.69 bits per heavy atom. The second-order valence-corrected chi connectivity index (χ2v) is 10.5. The van der Waals surface area contributed by atoms with Crippen LogP contribution in [0, 0.1) is 6.92 Å². The number of nitrogens with zero attached hydrogens (tertiary/aromatic N) is 1. The summed E-state index contributed by atoms with van der Waals surface area (Å²) in [6.45, 7) is 1.93. The van der Waals surface area contributed by atoms with Gasteiger partial charge in [-0.05, 0) is 66.8 Å². The summed E-state index contributed by atoms with van der Waals surface area (Å²) >= 11 is 6.16. The second kappa shape index (κ2) is 14.0. The van der Waals surface area contributed by atoms with Crippen molar-refractivity contribution in [2.45, 2.75) is 64.1 Å². The Hall–Kier alpha value is -3.51. The Morgan fingerprint density at radius 3 is 2.41 bits per heavy atom. The van der Waals surface area contributed by atoms with Gasteiger partial charge in [0.25, 0.3) is 5.91 Å². The van der Waals surface area contributed by atoms with E-state index in [0.29, 0.717) is 22.9 Å². The van der Waals surface area contributed by atoms with Crippen molar-refractivity contribution in [1.82, 2.24) is 10.2 Å². The zero-order valence-corrected chi connectivity index (χ0v) is 23.5. The average Bonchev–Trinajstić information content (AvgIpc) is 2.96. The van der Waals surface area contributed by atoms with Crippen molar-refractivity contribution in [3.63, 3.8) is 0 Å². The van der Waals surface area contributed by atoms with E-state index in [0.717, 1.165) is 42.4 Å². The van der Waals surface area contributed by atoms with Crippen molar-refractivity contribution in [1.29, 1.82) is 0 Å². The minimum absolute atomic E-state index is 0.131. The van der Waals surface area contributed by atoms with E-state index in [2.05, 4.69) is 5.32 Å². The van der Waals surface area contributed by atoms with E-state index in [4.69, 9.17) is 21.1 Å². The fourth-order valence-corrected chi connectivity index (χ4v) is 5.12. The van der Waals surface area contributed by atoms with E-state index < -0.39 is 6.04 Å².